The molecule has 2 N–H and O–H groups in total. The monoisotopic (exact) mass is 441 g/mol. The SMILES string of the molecule is Nc1ncnc2c1ncn2CCCOC(=O)c1occc1CS(=O)(=O)c1ccccc1. The van der Waals surface area contributed by atoms with E-state index in [1.807, 2.05) is 0 Å². The van der Waals surface area contributed by atoms with E-state index in [0.29, 0.717) is 29.9 Å². The number of benzene rings is 1. The van der Waals surface area contributed by atoms with Crippen molar-refractivity contribution in [1.82, 2.24) is 19.5 Å². The number of nitrogens with two attached hydrogens (primary N) is 1. The highest BCUT2D eigenvalue weighted by Gasteiger charge is 2.23. The molecule has 0 atom stereocenters. The average molecular weight is 441 g/mol. The second-order valence-corrected chi connectivity index (χ2v) is 8.70. The molecule has 0 unspecified atom stereocenters. The van der Waals surface area contributed by atoms with Gasteiger partial charge in [-0.25, -0.2) is 28.2 Å². The number of hydrogen-bond donors (Lipinski definition) is 1. The minimum Gasteiger partial charge on any atom is -0.460 e. The molecule has 0 spiro atoms. The number of fused-ring (bicyclic) bond motifs is 1. The number of aromatic nitrogens is 4. The standard InChI is InChI=1S/C20H19N5O5S/c21-18-16-19(23-12-22-18)25(13-24-16)8-4-9-30-20(26)17-14(7-10-29-17)11-31(27,28)15-5-2-1-3-6-15/h1-3,5-7,10,12-13H,4,8-9,11H2,(H2,21,22,23). The van der Waals surface area contributed by atoms with Crippen molar-refractivity contribution in [3.8, 4) is 0 Å². The maximum absolute atomic E-state index is 12.6. The number of nitrogens with zero attached hydrogens (tertiary/aromatic N) is 4. The summed E-state index contributed by atoms with van der Waals surface area (Å²) in [5.41, 5.74) is 7.12. The number of hydrogen-bond acceptors (Lipinski definition) is 9. The van der Waals surface area contributed by atoms with Gasteiger partial charge in [0.1, 0.15) is 11.8 Å². The molecule has 1 aromatic carbocycles. The summed E-state index contributed by atoms with van der Waals surface area (Å²) >= 11 is 0. The van der Waals surface area contributed by atoms with Gasteiger partial charge in [0, 0.05) is 12.1 Å². The highest BCUT2D eigenvalue weighted by Crippen LogP contribution is 2.21. The fraction of sp³-hybridized carbons (Fsp3) is 0.200. The summed E-state index contributed by atoms with van der Waals surface area (Å²) in [4.78, 5) is 24.8. The van der Waals surface area contributed by atoms with Crippen LogP contribution in [0.15, 0.2) is 64.6 Å². The molecule has 0 saturated heterocycles. The Kier molecular flexibility index (Phi) is 5.67. The Morgan fingerprint density at radius 2 is 1.94 bits per heavy atom. The average Bonchev–Trinajstić information content (AvgIpc) is 3.39. The molecule has 4 aromatic rings. The topological polar surface area (TPSA) is 143 Å². The molecule has 160 valence electrons. The first-order chi connectivity index (χ1) is 15.0. The highest BCUT2D eigenvalue weighted by molar-refractivity contribution is 7.90. The van der Waals surface area contributed by atoms with Crippen molar-refractivity contribution in [2.24, 2.45) is 0 Å². The smallest absolute Gasteiger partial charge is 0.374 e. The van der Waals surface area contributed by atoms with Gasteiger partial charge < -0.3 is 19.5 Å². The van der Waals surface area contributed by atoms with E-state index in [9.17, 15) is 13.2 Å². The molecular formula is C20H19N5O5S. The number of imidazole rings is 1. The van der Waals surface area contributed by atoms with Crippen molar-refractivity contribution in [3.63, 3.8) is 0 Å². The number of furan rings is 1. The van der Waals surface area contributed by atoms with E-state index in [1.54, 1.807) is 29.1 Å². The van der Waals surface area contributed by atoms with E-state index in [4.69, 9.17) is 14.9 Å². The number of esters is 1. The first-order valence-corrected chi connectivity index (χ1v) is 11.0. The molecule has 0 fully saturated rings. The van der Waals surface area contributed by atoms with E-state index in [0.717, 1.165) is 0 Å². The van der Waals surface area contributed by atoms with Crippen LogP contribution in [0.25, 0.3) is 11.2 Å². The minimum absolute atomic E-state index is 0.102. The van der Waals surface area contributed by atoms with Gasteiger partial charge >= 0.3 is 5.97 Å². The third-order valence-electron chi connectivity index (χ3n) is 4.59. The van der Waals surface area contributed by atoms with Crippen molar-refractivity contribution >= 4 is 32.8 Å². The molecule has 0 amide bonds. The molecule has 31 heavy (non-hydrogen) atoms. The summed E-state index contributed by atoms with van der Waals surface area (Å²) in [6.45, 7) is 0.596. The highest BCUT2D eigenvalue weighted by atomic mass is 32.2. The molecule has 11 heteroatoms. The Labute approximate surface area is 177 Å². The lowest BCUT2D eigenvalue weighted by atomic mass is 10.3. The van der Waals surface area contributed by atoms with Crippen LogP contribution in [-0.2, 0) is 26.9 Å². The molecule has 4 rings (SSSR count). The first-order valence-electron chi connectivity index (χ1n) is 9.38. The van der Waals surface area contributed by atoms with Gasteiger partial charge in [0.2, 0.25) is 5.76 Å². The lowest BCUT2D eigenvalue weighted by Crippen LogP contribution is -2.12. The summed E-state index contributed by atoms with van der Waals surface area (Å²) in [6, 6.07) is 9.48. The molecule has 10 nitrogen and oxygen atoms in total. The fourth-order valence-corrected chi connectivity index (χ4v) is 4.45. The van der Waals surface area contributed by atoms with Crippen molar-refractivity contribution in [3.05, 3.63) is 66.6 Å². The molecule has 0 aliphatic rings. The van der Waals surface area contributed by atoms with E-state index in [2.05, 4.69) is 15.0 Å². The number of anilines is 1. The van der Waals surface area contributed by atoms with Crippen LogP contribution in [-0.4, -0.2) is 40.5 Å². The van der Waals surface area contributed by atoms with Gasteiger partial charge in [0.25, 0.3) is 0 Å². The lowest BCUT2D eigenvalue weighted by Gasteiger charge is -2.07. The first kappa shape index (κ1) is 20.5. The van der Waals surface area contributed by atoms with Gasteiger partial charge in [0.15, 0.2) is 21.3 Å². The van der Waals surface area contributed by atoms with Crippen LogP contribution in [0.4, 0.5) is 5.82 Å². The van der Waals surface area contributed by atoms with Crippen molar-refractivity contribution in [1.29, 1.82) is 0 Å². The van der Waals surface area contributed by atoms with Crippen LogP contribution < -0.4 is 5.73 Å². The van der Waals surface area contributed by atoms with Crippen LogP contribution in [0.2, 0.25) is 0 Å². The number of sulfone groups is 1. The summed E-state index contributed by atoms with van der Waals surface area (Å²) in [6.07, 6.45) is 4.71. The van der Waals surface area contributed by atoms with Crippen LogP contribution in [0.5, 0.6) is 0 Å². The lowest BCUT2D eigenvalue weighted by molar-refractivity contribution is 0.0458. The van der Waals surface area contributed by atoms with Crippen LogP contribution in [0, 0.1) is 0 Å². The third kappa shape index (κ3) is 4.40. The molecule has 0 radical (unpaired) electrons. The maximum atomic E-state index is 12.6. The fourth-order valence-electron chi connectivity index (χ4n) is 3.07. The van der Waals surface area contributed by atoms with E-state index >= 15 is 0 Å². The van der Waals surface area contributed by atoms with Crippen LogP contribution in [0.3, 0.4) is 0 Å². The maximum Gasteiger partial charge on any atom is 0.374 e. The zero-order valence-corrected chi connectivity index (χ0v) is 17.2. The predicted molar refractivity (Wildman–Crippen MR) is 111 cm³/mol. The zero-order valence-electron chi connectivity index (χ0n) is 16.3. The van der Waals surface area contributed by atoms with Gasteiger partial charge in [-0.15, -0.1) is 0 Å². The van der Waals surface area contributed by atoms with E-state index in [-0.39, 0.29) is 28.6 Å². The molecule has 0 saturated carbocycles. The largest absolute Gasteiger partial charge is 0.460 e. The predicted octanol–water partition coefficient (Wildman–Crippen LogP) is 2.22. The molecule has 0 bridgehead atoms. The van der Waals surface area contributed by atoms with E-state index < -0.39 is 15.8 Å². The number of rotatable bonds is 8. The van der Waals surface area contributed by atoms with E-state index in [1.165, 1.54) is 30.8 Å². The summed E-state index contributed by atoms with van der Waals surface area (Å²) in [5.74, 6) is -0.899. The van der Waals surface area contributed by atoms with Crippen LogP contribution in [0.1, 0.15) is 22.5 Å². The molecular weight excluding hydrogens is 422 g/mol. The Morgan fingerprint density at radius 3 is 2.74 bits per heavy atom. The Morgan fingerprint density at radius 1 is 1.13 bits per heavy atom. The molecule has 0 aliphatic carbocycles. The summed E-state index contributed by atoms with van der Waals surface area (Å²) in [5, 5.41) is 0. The summed E-state index contributed by atoms with van der Waals surface area (Å²) in [7, 11) is -3.62. The number of nitrogen functional groups attached to an aromatic ring is 1. The minimum atomic E-state index is -3.62. The number of carbonyl (C=O) groups excluding carboxylic acids is 1. The quantitative estimate of drug-likeness (QED) is 0.321. The molecule has 3 heterocycles. The van der Waals surface area contributed by atoms with Gasteiger partial charge in [0.05, 0.1) is 29.8 Å². The zero-order chi connectivity index (χ0) is 21.8. The number of ether oxygens (including phenoxy) is 1. The Bertz CT molecular complexity index is 1310. The van der Waals surface area contributed by atoms with Gasteiger partial charge in [-0.2, -0.15) is 0 Å². The third-order valence-corrected chi connectivity index (χ3v) is 6.27. The van der Waals surface area contributed by atoms with Gasteiger partial charge in [-0.3, -0.25) is 0 Å². The molecule has 3 aromatic heterocycles. The Hall–Kier alpha value is -3.73. The second-order valence-electron chi connectivity index (χ2n) is 6.71. The second kappa shape index (κ2) is 8.56. The normalized spacial score (nSPS) is 11.6. The number of aryl methyl sites for hydroxylation is 1. The van der Waals surface area contributed by atoms with Crippen LogP contribution >= 0.6 is 0 Å². The molecule has 0 aliphatic heterocycles. The van der Waals surface area contributed by atoms with Crippen molar-refractivity contribution in [2.75, 3.05) is 12.3 Å². The van der Waals surface area contributed by atoms with Gasteiger partial charge in [-0.05, 0) is 24.6 Å². The van der Waals surface area contributed by atoms with Crippen molar-refractivity contribution < 1.29 is 22.4 Å². The number of carbonyl (C=O) groups is 1. The Balaban J connectivity index is 1.36. The van der Waals surface area contributed by atoms with Gasteiger partial charge in [-0.1, -0.05) is 18.2 Å². The van der Waals surface area contributed by atoms with Crippen molar-refractivity contribution in [2.45, 2.75) is 23.6 Å². The summed E-state index contributed by atoms with van der Waals surface area (Å²) < 4.78 is 37.4.